The van der Waals surface area contributed by atoms with Gasteiger partial charge < -0.3 is 10.6 Å². The molecule has 2 aromatic carbocycles. The largest absolute Gasteiger partial charge is 0.353 e. The lowest BCUT2D eigenvalue weighted by atomic mass is 10.1. The van der Waals surface area contributed by atoms with Gasteiger partial charge in [-0.1, -0.05) is 24.3 Å². The Morgan fingerprint density at radius 1 is 1.00 bits per heavy atom. The van der Waals surface area contributed by atoms with Crippen LogP contribution in [0.25, 0.3) is 0 Å². The van der Waals surface area contributed by atoms with Gasteiger partial charge in [0.2, 0.25) is 0 Å². The third-order valence-electron chi connectivity index (χ3n) is 4.01. The van der Waals surface area contributed by atoms with Crippen LogP contribution in [0.5, 0.6) is 0 Å². The lowest BCUT2D eigenvalue weighted by Gasteiger charge is -2.12. The van der Waals surface area contributed by atoms with Gasteiger partial charge >= 0.3 is 0 Å². The van der Waals surface area contributed by atoms with Crippen LogP contribution in [0.3, 0.4) is 0 Å². The molecule has 0 atom stereocenters. The highest BCUT2D eigenvalue weighted by Crippen LogP contribution is 2.25. The molecule has 3 rings (SSSR count). The second-order valence-electron chi connectivity index (χ2n) is 5.77. The molecule has 2 N–H and O–H groups in total. The molecule has 0 aliphatic heterocycles. The van der Waals surface area contributed by atoms with E-state index in [9.17, 15) is 4.79 Å². The zero-order valence-electron chi connectivity index (χ0n) is 14.0. The van der Waals surface area contributed by atoms with E-state index in [2.05, 4.69) is 31.5 Å². The van der Waals surface area contributed by atoms with Crippen LogP contribution in [-0.4, -0.2) is 10.9 Å². The van der Waals surface area contributed by atoms with Crippen LogP contribution in [0.1, 0.15) is 21.5 Å². The molecule has 0 aliphatic rings. The van der Waals surface area contributed by atoms with Crippen molar-refractivity contribution in [1.82, 2.24) is 4.98 Å². The molecule has 0 saturated carbocycles. The molecular formula is C20H18BrN3O. The fourth-order valence-corrected chi connectivity index (χ4v) is 2.82. The first-order valence-corrected chi connectivity index (χ1v) is 8.68. The van der Waals surface area contributed by atoms with Crippen LogP contribution in [0.15, 0.2) is 65.4 Å². The van der Waals surface area contributed by atoms with E-state index in [1.807, 2.05) is 56.3 Å². The molecule has 25 heavy (non-hydrogen) atoms. The van der Waals surface area contributed by atoms with Crippen LogP contribution >= 0.6 is 15.9 Å². The van der Waals surface area contributed by atoms with E-state index in [1.54, 1.807) is 18.5 Å². The third kappa shape index (κ3) is 4.06. The monoisotopic (exact) mass is 395 g/mol. The van der Waals surface area contributed by atoms with Gasteiger partial charge in [0.15, 0.2) is 0 Å². The van der Waals surface area contributed by atoms with Gasteiger partial charge in [-0.2, -0.15) is 0 Å². The van der Waals surface area contributed by atoms with Gasteiger partial charge in [-0.15, -0.1) is 0 Å². The summed E-state index contributed by atoms with van der Waals surface area (Å²) < 4.78 is 0.945. The Labute approximate surface area is 155 Å². The van der Waals surface area contributed by atoms with Crippen LogP contribution in [0.4, 0.5) is 17.1 Å². The van der Waals surface area contributed by atoms with Crippen molar-refractivity contribution in [3.05, 3.63) is 82.1 Å². The van der Waals surface area contributed by atoms with Crippen LogP contribution in [0, 0.1) is 13.8 Å². The molecule has 3 aromatic rings. The van der Waals surface area contributed by atoms with Crippen molar-refractivity contribution < 1.29 is 4.79 Å². The standard InChI is InChI=1S/C20H18BrN3O/c1-13-6-5-9-18(14(13)2)24-20(25)15-10-16(12-22-11-15)23-19-8-4-3-7-17(19)21/h3-12,23H,1-2H3,(H,24,25). The predicted molar refractivity (Wildman–Crippen MR) is 106 cm³/mol. The normalized spacial score (nSPS) is 10.4. The number of amides is 1. The summed E-state index contributed by atoms with van der Waals surface area (Å²) in [6, 6.07) is 15.4. The number of pyridine rings is 1. The number of para-hydroxylation sites is 1. The Balaban J connectivity index is 1.80. The fraction of sp³-hybridized carbons (Fsp3) is 0.100. The minimum atomic E-state index is -0.183. The average molecular weight is 396 g/mol. The molecule has 0 spiro atoms. The maximum Gasteiger partial charge on any atom is 0.257 e. The molecule has 0 aliphatic carbocycles. The molecule has 0 saturated heterocycles. The quantitative estimate of drug-likeness (QED) is 0.616. The molecule has 126 valence electrons. The minimum absolute atomic E-state index is 0.183. The number of nitrogens with one attached hydrogen (secondary N) is 2. The zero-order valence-corrected chi connectivity index (χ0v) is 15.6. The Bertz CT molecular complexity index is 924. The zero-order chi connectivity index (χ0) is 17.8. The van der Waals surface area contributed by atoms with Crippen LogP contribution in [0.2, 0.25) is 0 Å². The molecule has 1 amide bonds. The molecule has 0 bridgehead atoms. The number of benzene rings is 2. The number of carbonyl (C=O) groups excluding carboxylic acids is 1. The summed E-state index contributed by atoms with van der Waals surface area (Å²) in [7, 11) is 0. The van der Waals surface area contributed by atoms with Gasteiger partial charge in [0.25, 0.3) is 5.91 Å². The topological polar surface area (TPSA) is 54.0 Å². The van der Waals surface area contributed by atoms with E-state index < -0.39 is 0 Å². The number of aryl methyl sites for hydroxylation is 1. The summed E-state index contributed by atoms with van der Waals surface area (Å²) in [5.74, 6) is -0.183. The van der Waals surface area contributed by atoms with Crippen molar-refractivity contribution >= 4 is 38.9 Å². The maximum atomic E-state index is 12.6. The minimum Gasteiger partial charge on any atom is -0.353 e. The number of anilines is 3. The number of carbonyl (C=O) groups is 1. The molecule has 4 nitrogen and oxygen atoms in total. The summed E-state index contributed by atoms with van der Waals surface area (Å²) in [6.45, 7) is 4.02. The van der Waals surface area contributed by atoms with Gasteiger partial charge in [0.05, 0.1) is 23.1 Å². The lowest BCUT2D eigenvalue weighted by molar-refractivity contribution is 0.102. The molecule has 0 fully saturated rings. The van der Waals surface area contributed by atoms with E-state index in [0.29, 0.717) is 5.56 Å². The highest BCUT2D eigenvalue weighted by atomic mass is 79.9. The van der Waals surface area contributed by atoms with Gasteiger partial charge in [-0.25, -0.2) is 0 Å². The third-order valence-corrected chi connectivity index (χ3v) is 4.70. The SMILES string of the molecule is Cc1cccc(NC(=O)c2cncc(Nc3ccccc3Br)c2)c1C. The number of hydrogen-bond donors (Lipinski definition) is 2. The second-order valence-corrected chi connectivity index (χ2v) is 6.62. The number of hydrogen-bond acceptors (Lipinski definition) is 3. The molecule has 1 heterocycles. The van der Waals surface area contributed by atoms with Gasteiger partial charge in [-0.3, -0.25) is 9.78 Å². The summed E-state index contributed by atoms with van der Waals surface area (Å²) in [6.07, 6.45) is 3.25. The number of rotatable bonds is 4. The summed E-state index contributed by atoms with van der Waals surface area (Å²) in [4.78, 5) is 16.7. The molecule has 0 unspecified atom stereocenters. The molecule has 0 radical (unpaired) electrons. The number of nitrogens with zero attached hydrogens (tertiary/aromatic N) is 1. The van der Waals surface area contributed by atoms with E-state index in [4.69, 9.17) is 0 Å². The summed E-state index contributed by atoms with van der Waals surface area (Å²) in [5.41, 5.74) is 5.18. The predicted octanol–water partition coefficient (Wildman–Crippen LogP) is 5.46. The number of halogens is 1. The number of aromatic nitrogens is 1. The van der Waals surface area contributed by atoms with E-state index in [0.717, 1.165) is 32.7 Å². The van der Waals surface area contributed by atoms with Gasteiger partial charge in [-0.05, 0) is 65.2 Å². The molecular weight excluding hydrogens is 378 g/mol. The Hall–Kier alpha value is -2.66. The summed E-state index contributed by atoms with van der Waals surface area (Å²) in [5, 5.41) is 6.22. The van der Waals surface area contributed by atoms with Crippen molar-refractivity contribution in [3.8, 4) is 0 Å². The fourth-order valence-electron chi connectivity index (χ4n) is 2.43. The smallest absolute Gasteiger partial charge is 0.257 e. The maximum absolute atomic E-state index is 12.6. The first-order valence-electron chi connectivity index (χ1n) is 7.89. The first kappa shape index (κ1) is 17.2. The summed E-state index contributed by atoms with van der Waals surface area (Å²) >= 11 is 3.50. The highest BCUT2D eigenvalue weighted by molar-refractivity contribution is 9.10. The molecule has 5 heteroatoms. The van der Waals surface area contributed by atoms with Crippen molar-refractivity contribution in [2.24, 2.45) is 0 Å². The second kappa shape index (κ2) is 7.49. The van der Waals surface area contributed by atoms with Crippen LogP contribution < -0.4 is 10.6 Å². The average Bonchev–Trinajstić information content (AvgIpc) is 2.61. The van der Waals surface area contributed by atoms with Crippen molar-refractivity contribution in [2.75, 3.05) is 10.6 Å². The van der Waals surface area contributed by atoms with Gasteiger partial charge in [0.1, 0.15) is 0 Å². The first-order chi connectivity index (χ1) is 12.0. The van der Waals surface area contributed by atoms with Crippen molar-refractivity contribution in [1.29, 1.82) is 0 Å². The molecule has 1 aromatic heterocycles. The Morgan fingerprint density at radius 2 is 1.76 bits per heavy atom. The van der Waals surface area contributed by atoms with Crippen molar-refractivity contribution in [3.63, 3.8) is 0 Å². The lowest BCUT2D eigenvalue weighted by Crippen LogP contribution is -2.13. The Morgan fingerprint density at radius 3 is 2.56 bits per heavy atom. The Kier molecular flexibility index (Phi) is 5.14. The highest BCUT2D eigenvalue weighted by Gasteiger charge is 2.10. The van der Waals surface area contributed by atoms with E-state index in [-0.39, 0.29) is 5.91 Å². The van der Waals surface area contributed by atoms with Crippen molar-refractivity contribution in [2.45, 2.75) is 13.8 Å². The van der Waals surface area contributed by atoms with E-state index >= 15 is 0 Å². The van der Waals surface area contributed by atoms with E-state index in [1.165, 1.54) is 0 Å². The van der Waals surface area contributed by atoms with Crippen LogP contribution in [-0.2, 0) is 0 Å². The van der Waals surface area contributed by atoms with Gasteiger partial charge in [0, 0.05) is 16.4 Å².